The van der Waals surface area contributed by atoms with Crippen molar-refractivity contribution >= 4 is 61.9 Å². The fraction of sp³-hybridized carbons (Fsp3) is 0.245. The third kappa shape index (κ3) is 12.7. The third-order valence-corrected chi connectivity index (χ3v) is 18.0. The fourth-order valence-corrected chi connectivity index (χ4v) is 16.0. The summed E-state index contributed by atoms with van der Waals surface area (Å²) in [7, 11) is 0.509. The number of fused-ring (bicyclic) bond motifs is 4. The van der Waals surface area contributed by atoms with Gasteiger partial charge < -0.3 is 14.8 Å². The Morgan fingerprint density at radius 2 is 0.836 bits per heavy atom. The number of carbonyl (C=O) groups excluding carboxylic acids is 6. The number of carbonyl (C=O) groups is 2. The van der Waals surface area contributed by atoms with Gasteiger partial charge in [-0.3, -0.25) is 24.5 Å². The molecule has 5 aromatic carbocycles. The van der Waals surface area contributed by atoms with E-state index in [1.807, 2.05) is 80.6 Å². The molecule has 7 aromatic rings. The average Bonchev–Trinajstić information content (AvgIpc) is 3.90. The second kappa shape index (κ2) is 26.4. The van der Waals surface area contributed by atoms with Crippen molar-refractivity contribution in [3.63, 3.8) is 0 Å². The maximum atomic E-state index is 14.5. The Morgan fingerprint density at radius 1 is 0.548 bits per heavy atom. The van der Waals surface area contributed by atoms with E-state index in [4.69, 9.17) is 19.2 Å². The van der Waals surface area contributed by atoms with Crippen LogP contribution >= 0.6 is 15.8 Å². The quantitative estimate of drug-likeness (QED) is 0.137. The van der Waals surface area contributed by atoms with Gasteiger partial charge in [0.05, 0.1) is 41.5 Å². The summed E-state index contributed by atoms with van der Waals surface area (Å²) < 4.78 is 15.5. The highest BCUT2D eigenvalue weighted by Crippen LogP contribution is 2.70. The Hall–Kier alpha value is -8.12. The highest BCUT2D eigenvalue weighted by molar-refractivity contribution is 7.62. The number of hydrogen-bond donors (Lipinski definition) is 2. The van der Waals surface area contributed by atoms with Gasteiger partial charge in [0.2, 0.25) is 0 Å². The number of nitrogens with zero attached hydrogens (tertiary/aromatic N) is 4. The first kappa shape index (κ1) is 55.8. The summed E-state index contributed by atoms with van der Waals surface area (Å²) >= 11 is 0. The molecule has 2 aliphatic rings. The second-order valence-electron chi connectivity index (χ2n) is 16.5. The molecule has 0 bridgehead atoms. The standard InChI is InChI=1S/C41H34N4O4P2.C5H11NO2.C5H9NO2.2CO2.H2/c1-27-42-35(46)31-21-11-12-22-32(31)36(47)43(42)39(28-15-5-2-6-16-28)50(27)25-26-51-40(29-17-7-3-8-18-29)44-37(48)33-23-13-14-24-34(33)38(49)45(44)41(51)30-19-9-4-10-20-30;2*1-4(2)6-5(7)8-3;2*2-1-3;/h2-24,27,39-41H,25-26H2,1H3;4H,1-3H3,(H,6,7);1H2,2-3H3,(H,6,7);;;1H/t27-,39+,40+,41+,50?;;;;;/m1...../s1. The molecule has 0 aliphatic carbocycles. The van der Waals surface area contributed by atoms with Crippen LogP contribution in [0.4, 0.5) is 9.59 Å². The van der Waals surface area contributed by atoms with Gasteiger partial charge in [0.1, 0.15) is 17.3 Å². The molecule has 2 amide bonds. The van der Waals surface area contributed by atoms with Gasteiger partial charge in [-0.1, -0.05) is 122 Å². The van der Waals surface area contributed by atoms with Crippen LogP contribution in [-0.2, 0) is 28.7 Å². The Balaban J connectivity index is 0.000000436. The summed E-state index contributed by atoms with van der Waals surface area (Å²) in [5.41, 5.74) is 2.88. The molecule has 0 fully saturated rings. The first-order valence-electron chi connectivity index (χ1n) is 22.6. The van der Waals surface area contributed by atoms with E-state index in [-0.39, 0.29) is 71.2 Å². The summed E-state index contributed by atoms with van der Waals surface area (Å²) in [5.74, 6) is -1.22. The molecule has 2 N–H and O–H groups in total. The van der Waals surface area contributed by atoms with Crippen LogP contribution in [0.5, 0.6) is 0 Å². The summed E-state index contributed by atoms with van der Waals surface area (Å²) in [6.45, 7) is 10.9. The minimum Gasteiger partial charge on any atom is -0.453 e. The third-order valence-electron chi connectivity index (χ3n) is 11.5. The van der Waals surface area contributed by atoms with Gasteiger partial charge >= 0.3 is 24.5 Å². The van der Waals surface area contributed by atoms with Crippen LogP contribution in [-0.4, -0.2) is 75.8 Å². The number of benzene rings is 5. The van der Waals surface area contributed by atoms with Crippen molar-refractivity contribution in [1.82, 2.24) is 29.4 Å². The molecule has 2 aromatic heterocycles. The molecule has 2 aliphatic heterocycles. The van der Waals surface area contributed by atoms with Crippen molar-refractivity contribution in [3.8, 4) is 0 Å². The second-order valence-corrected chi connectivity index (χ2v) is 21.7. The fourth-order valence-electron chi connectivity index (χ4n) is 8.71. The highest BCUT2D eigenvalue weighted by atomic mass is 31.1. The highest BCUT2D eigenvalue weighted by Gasteiger charge is 2.46. The van der Waals surface area contributed by atoms with E-state index in [2.05, 4.69) is 70.0 Å². The van der Waals surface area contributed by atoms with Gasteiger partial charge in [0.25, 0.3) is 22.2 Å². The molecule has 20 heteroatoms. The van der Waals surface area contributed by atoms with E-state index in [9.17, 15) is 28.8 Å². The van der Waals surface area contributed by atoms with Crippen molar-refractivity contribution < 1.29 is 39.7 Å². The first-order chi connectivity index (χ1) is 35.1. The molecule has 18 nitrogen and oxygen atoms in total. The van der Waals surface area contributed by atoms with E-state index in [1.54, 1.807) is 62.0 Å². The summed E-state index contributed by atoms with van der Waals surface area (Å²) in [6, 6.07) is 44.5. The van der Waals surface area contributed by atoms with Crippen LogP contribution in [0.1, 0.15) is 68.9 Å². The van der Waals surface area contributed by atoms with Gasteiger partial charge in [-0.2, -0.15) is 19.2 Å². The predicted octanol–water partition coefficient (Wildman–Crippen LogP) is 8.20. The molecule has 9 rings (SSSR count). The minimum atomic E-state index is -1.12. The summed E-state index contributed by atoms with van der Waals surface area (Å²) in [5, 5.41) is 6.57. The normalized spacial score (nSPS) is 16.9. The maximum Gasteiger partial charge on any atom is 0.411 e. The van der Waals surface area contributed by atoms with Crippen molar-refractivity contribution in [3.05, 3.63) is 210 Å². The zero-order valence-electron chi connectivity index (χ0n) is 40.9. The Bertz CT molecular complexity index is 3260. The van der Waals surface area contributed by atoms with Gasteiger partial charge in [0.15, 0.2) is 0 Å². The van der Waals surface area contributed by atoms with Crippen LogP contribution in [0.3, 0.4) is 0 Å². The average molecular weight is 1030 g/mol. The van der Waals surface area contributed by atoms with Crippen molar-refractivity contribution in [2.75, 3.05) is 26.5 Å². The van der Waals surface area contributed by atoms with Crippen LogP contribution < -0.4 is 32.9 Å². The van der Waals surface area contributed by atoms with Crippen LogP contribution in [0.15, 0.2) is 171 Å². The monoisotopic (exact) mass is 1030 g/mol. The molecule has 380 valence electrons. The van der Waals surface area contributed by atoms with Crippen molar-refractivity contribution in [1.29, 1.82) is 0 Å². The SMILES string of the molecule is C=C(C)NC(=O)OC.COC(=O)NC(C)C.C[C@@H]1n2c(=O)c3ccccc3c(=O)n2[C@H](c2ccccc2)P1CCP1[C@@H](c2ccccc2)n2c(=O)c3ccccc3c(=O)n2[C@@H]1c1ccccc1.O=C=O.O=C=O.[HH]. The van der Waals surface area contributed by atoms with Crippen LogP contribution in [0.25, 0.3) is 21.5 Å². The number of alkyl carbamates (subject to hydrolysis) is 2. The van der Waals surface area contributed by atoms with Gasteiger partial charge in [-0.05, 0) is 96.8 Å². The number of hydrogen-bond acceptors (Lipinski definition) is 12. The van der Waals surface area contributed by atoms with Crippen molar-refractivity contribution in [2.45, 2.75) is 56.9 Å². The number of allylic oxidation sites excluding steroid dienone is 1. The van der Waals surface area contributed by atoms with Crippen LogP contribution in [0, 0.1) is 0 Å². The van der Waals surface area contributed by atoms with E-state index in [0.717, 1.165) is 29.0 Å². The van der Waals surface area contributed by atoms with Gasteiger partial charge in [-0.15, -0.1) is 0 Å². The van der Waals surface area contributed by atoms with Gasteiger partial charge in [-0.25, -0.2) is 28.3 Å². The number of aromatic nitrogens is 4. The summed E-state index contributed by atoms with van der Waals surface area (Å²) in [4.78, 5) is 110. The minimum absolute atomic E-state index is 0. The number of amides is 2. The Kier molecular flexibility index (Phi) is 20.2. The Labute approximate surface area is 422 Å². The molecule has 4 heterocycles. The van der Waals surface area contributed by atoms with Crippen LogP contribution in [0.2, 0.25) is 0 Å². The molecule has 0 radical (unpaired) electrons. The number of rotatable bonds is 8. The molecule has 73 heavy (non-hydrogen) atoms. The van der Waals surface area contributed by atoms with E-state index in [1.165, 1.54) is 14.2 Å². The lowest BCUT2D eigenvalue weighted by atomic mass is 10.2. The molecule has 0 saturated carbocycles. The van der Waals surface area contributed by atoms with Gasteiger partial charge in [0, 0.05) is 13.2 Å². The largest absolute Gasteiger partial charge is 0.453 e. The lowest BCUT2D eigenvalue weighted by Gasteiger charge is -2.29. The maximum absolute atomic E-state index is 14.5. The van der Waals surface area contributed by atoms with E-state index >= 15 is 0 Å². The number of ether oxygens (including phenoxy) is 2. The van der Waals surface area contributed by atoms with E-state index in [0.29, 0.717) is 27.2 Å². The number of nitrogens with one attached hydrogen (secondary N) is 2. The first-order valence-corrected chi connectivity index (χ1v) is 26.0. The molecule has 5 atom stereocenters. The molecule has 0 spiro atoms. The molecule has 1 unspecified atom stereocenters. The lowest BCUT2D eigenvalue weighted by Crippen LogP contribution is -2.37. The smallest absolute Gasteiger partial charge is 0.411 e. The van der Waals surface area contributed by atoms with Crippen molar-refractivity contribution in [2.24, 2.45) is 0 Å². The number of methoxy groups -OCH3 is 2. The summed E-state index contributed by atoms with van der Waals surface area (Å²) in [6.07, 6.45) is 1.10. The topological polar surface area (TPSA) is 233 Å². The lowest BCUT2D eigenvalue weighted by molar-refractivity contribution is -0.193. The predicted molar refractivity (Wildman–Crippen MR) is 280 cm³/mol. The molecular weight excluding hydrogens is 975 g/mol. The molecular formula is C53H56N6O12P2. The van der Waals surface area contributed by atoms with E-state index < -0.39 is 21.9 Å². The Morgan fingerprint density at radius 3 is 1.12 bits per heavy atom. The zero-order valence-corrected chi connectivity index (χ0v) is 42.7. The molecule has 0 saturated heterocycles. The zero-order chi connectivity index (χ0) is 53.4.